The Bertz CT molecular complexity index is 600. The summed E-state index contributed by atoms with van der Waals surface area (Å²) in [6.07, 6.45) is 0.265. The van der Waals surface area contributed by atoms with Gasteiger partial charge in [0.15, 0.2) is 0 Å². The average molecular weight is 286 g/mol. The number of para-hydroxylation sites is 1. The molecule has 0 heterocycles. The van der Waals surface area contributed by atoms with E-state index < -0.39 is 0 Å². The van der Waals surface area contributed by atoms with Gasteiger partial charge in [-0.25, -0.2) is 0 Å². The van der Waals surface area contributed by atoms with Crippen LogP contribution in [-0.2, 0) is 4.79 Å². The molecular weight excluding hydrogens is 268 g/mol. The number of benzene rings is 2. The first kappa shape index (κ1) is 14.7. The Hall–Kier alpha value is -2.69. The second kappa shape index (κ2) is 7.19. The summed E-state index contributed by atoms with van der Waals surface area (Å²) in [5.74, 6) is 1.20. The lowest BCUT2D eigenvalue weighted by Gasteiger charge is -2.09. The van der Waals surface area contributed by atoms with Crippen molar-refractivity contribution in [1.82, 2.24) is 0 Å². The Balaban J connectivity index is 1.80. The standard InChI is InChI=1S/C16H18N2O3/c1-20-15-8-7-12(11-14(15)17)18-16(19)9-10-21-13-5-3-2-4-6-13/h2-8,11H,9-10,17H2,1H3,(H,18,19). The number of ether oxygens (including phenoxy) is 2. The maximum Gasteiger partial charge on any atom is 0.227 e. The molecule has 0 aliphatic carbocycles. The number of amides is 1. The van der Waals surface area contributed by atoms with Crippen LogP contribution in [0.4, 0.5) is 11.4 Å². The fourth-order valence-corrected chi connectivity index (χ4v) is 1.81. The highest BCUT2D eigenvalue weighted by Crippen LogP contribution is 2.24. The van der Waals surface area contributed by atoms with Gasteiger partial charge < -0.3 is 20.5 Å². The third-order valence-corrected chi connectivity index (χ3v) is 2.85. The number of carbonyl (C=O) groups excluding carboxylic acids is 1. The predicted molar refractivity (Wildman–Crippen MR) is 82.6 cm³/mol. The van der Waals surface area contributed by atoms with E-state index in [0.29, 0.717) is 23.7 Å². The van der Waals surface area contributed by atoms with Crippen molar-refractivity contribution in [2.45, 2.75) is 6.42 Å². The number of rotatable bonds is 6. The van der Waals surface area contributed by atoms with Crippen molar-refractivity contribution in [3.05, 3.63) is 48.5 Å². The van der Waals surface area contributed by atoms with Crippen LogP contribution in [0.15, 0.2) is 48.5 Å². The second-order valence-corrected chi connectivity index (χ2v) is 4.42. The van der Waals surface area contributed by atoms with E-state index in [-0.39, 0.29) is 12.3 Å². The van der Waals surface area contributed by atoms with E-state index in [9.17, 15) is 4.79 Å². The van der Waals surface area contributed by atoms with Gasteiger partial charge in [0.25, 0.3) is 0 Å². The molecule has 0 atom stereocenters. The van der Waals surface area contributed by atoms with Gasteiger partial charge in [0, 0.05) is 5.69 Å². The second-order valence-electron chi connectivity index (χ2n) is 4.42. The molecule has 5 nitrogen and oxygen atoms in total. The summed E-state index contributed by atoms with van der Waals surface area (Å²) in [7, 11) is 1.55. The third-order valence-electron chi connectivity index (χ3n) is 2.85. The largest absolute Gasteiger partial charge is 0.495 e. The smallest absolute Gasteiger partial charge is 0.227 e. The lowest BCUT2D eigenvalue weighted by atomic mass is 10.2. The van der Waals surface area contributed by atoms with Gasteiger partial charge in [-0.3, -0.25) is 4.79 Å². The minimum atomic E-state index is -0.129. The number of hydrogen-bond acceptors (Lipinski definition) is 4. The first-order valence-electron chi connectivity index (χ1n) is 6.60. The van der Waals surface area contributed by atoms with Gasteiger partial charge in [0.1, 0.15) is 11.5 Å². The van der Waals surface area contributed by atoms with Crippen LogP contribution < -0.4 is 20.5 Å². The van der Waals surface area contributed by atoms with E-state index in [1.807, 2.05) is 30.3 Å². The van der Waals surface area contributed by atoms with E-state index >= 15 is 0 Å². The van der Waals surface area contributed by atoms with Crippen LogP contribution in [0.3, 0.4) is 0 Å². The Morgan fingerprint density at radius 3 is 2.62 bits per heavy atom. The molecule has 2 aromatic rings. The Labute approximate surface area is 123 Å². The summed E-state index contributed by atoms with van der Waals surface area (Å²) in [5.41, 5.74) is 6.90. The van der Waals surface area contributed by atoms with Crippen LogP contribution in [0.5, 0.6) is 11.5 Å². The molecule has 110 valence electrons. The van der Waals surface area contributed by atoms with Gasteiger partial charge in [0.05, 0.1) is 25.8 Å². The average Bonchev–Trinajstić information content (AvgIpc) is 2.48. The molecular formula is C16H18N2O3. The number of methoxy groups -OCH3 is 1. The van der Waals surface area contributed by atoms with Crippen molar-refractivity contribution in [3.63, 3.8) is 0 Å². The zero-order valence-electron chi connectivity index (χ0n) is 11.8. The molecule has 2 aromatic carbocycles. The molecule has 0 unspecified atom stereocenters. The predicted octanol–water partition coefficient (Wildman–Crippen LogP) is 2.68. The Morgan fingerprint density at radius 1 is 1.19 bits per heavy atom. The zero-order valence-corrected chi connectivity index (χ0v) is 11.8. The zero-order chi connectivity index (χ0) is 15.1. The lowest BCUT2D eigenvalue weighted by Crippen LogP contribution is -2.15. The molecule has 1 amide bonds. The first-order valence-corrected chi connectivity index (χ1v) is 6.60. The number of nitrogen functional groups attached to an aromatic ring is 1. The molecule has 0 saturated carbocycles. The van der Waals surface area contributed by atoms with Crippen molar-refractivity contribution in [1.29, 1.82) is 0 Å². The third kappa shape index (κ3) is 4.42. The van der Waals surface area contributed by atoms with E-state index in [1.165, 1.54) is 0 Å². The quantitative estimate of drug-likeness (QED) is 0.801. The van der Waals surface area contributed by atoms with Crippen LogP contribution in [0.1, 0.15) is 6.42 Å². The Kier molecular flexibility index (Phi) is 5.04. The van der Waals surface area contributed by atoms with Crippen LogP contribution in [-0.4, -0.2) is 19.6 Å². The normalized spacial score (nSPS) is 9.95. The topological polar surface area (TPSA) is 73.6 Å². The number of nitrogens with two attached hydrogens (primary N) is 1. The van der Waals surface area contributed by atoms with Gasteiger partial charge in [-0.15, -0.1) is 0 Å². The van der Waals surface area contributed by atoms with E-state index in [0.717, 1.165) is 5.75 Å². The summed E-state index contributed by atoms with van der Waals surface area (Å²) in [6, 6.07) is 14.5. The van der Waals surface area contributed by atoms with Crippen LogP contribution in [0.25, 0.3) is 0 Å². The van der Waals surface area contributed by atoms with Crippen LogP contribution in [0, 0.1) is 0 Å². The fourth-order valence-electron chi connectivity index (χ4n) is 1.81. The maximum atomic E-state index is 11.8. The Morgan fingerprint density at radius 2 is 1.95 bits per heavy atom. The molecule has 0 aliphatic heterocycles. The molecule has 3 N–H and O–H groups in total. The maximum absolute atomic E-state index is 11.8. The van der Waals surface area contributed by atoms with Crippen molar-refractivity contribution in [2.24, 2.45) is 0 Å². The van der Waals surface area contributed by atoms with Gasteiger partial charge in [-0.1, -0.05) is 18.2 Å². The molecule has 0 spiro atoms. The number of anilines is 2. The van der Waals surface area contributed by atoms with Gasteiger partial charge >= 0.3 is 0 Å². The number of hydrogen-bond donors (Lipinski definition) is 2. The van der Waals surface area contributed by atoms with E-state index in [1.54, 1.807) is 25.3 Å². The highest BCUT2D eigenvalue weighted by atomic mass is 16.5. The molecule has 21 heavy (non-hydrogen) atoms. The summed E-state index contributed by atoms with van der Waals surface area (Å²) in [4.78, 5) is 11.8. The molecule has 0 bridgehead atoms. The summed E-state index contributed by atoms with van der Waals surface area (Å²) in [6.45, 7) is 0.321. The van der Waals surface area contributed by atoms with Crippen molar-refractivity contribution in [2.75, 3.05) is 24.8 Å². The van der Waals surface area contributed by atoms with Crippen molar-refractivity contribution in [3.8, 4) is 11.5 Å². The molecule has 0 aromatic heterocycles. The van der Waals surface area contributed by atoms with Crippen molar-refractivity contribution < 1.29 is 14.3 Å². The minimum Gasteiger partial charge on any atom is -0.495 e. The summed E-state index contributed by atoms with van der Waals surface area (Å²) >= 11 is 0. The van der Waals surface area contributed by atoms with E-state index in [2.05, 4.69) is 5.32 Å². The number of carbonyl (C=O) groups is 1. The van der Waals surface area contributed by atoms with Crippen molar-refractivity contribution >= 4 is 17.3 Å². The van der Waals surface area contributed by atoms with Crippen LogP contribution >= 0.6 is 0 Å². The number of nitrogens with one attached hydrogen (secondary N) is 1. The molecule has 0 saturated heterocycles. The van der Waals surface area contributed by atoms with Gasteiger partial charge in [-0.2, -0.15) is 0 Å². The van der Waals surface area contributed by atoms with Gasteiger partial charge in [-0.05, 0) is 30.3 Å². The fraction of sp³-hybridized carbons (Fsp3) is 0.188. The van der Waals surface area contributed by atoms with Crippen LogP contribution in [0.2, 0.25) is 0 Å². The molecule has 0 fully saturated rings. The first-order chi connectivity index (χ1) is 10.2. The molecule has 2 rings (SSSR count). The summed E-state index contributed by atoms with van der Waals surface area (Å²) in [5, 5.41) is 2.77. The SMILES string of the molecule is COc1ccc(NC(=O)CCOc2ccccc2)cc1N. The molecule has 5 heteroatoms. The molecule has 0 aliphatic rings. The highest BCUT2D eigenvalue weighted by molar-refractivity contribution is 5.91. The lowest BCUT2D eigenvalue weighted by molar-refractivity contribution is -0.116. The van der Waals surface area contributed by atoms with E-state index in [4.69, 9.17) is 15.2 Å². The summed E-state index contributed by atoms with van der Waals surface area (Å²) < 4.78 is 10.5. The highest BCUT2D eigenvalue weighted by Gasteiger charge is 2.05. The van der Waals surface area contributed by atoms with Gasteiger partial charge in [0.2, 0.25) is 5.91 Å². The molecule has 0 radical (unpaired) electrons. The monoisotopic (exact) mass is 286 g/mol. The minimum absolute atomic E-state index is 0.129.